The van der Waals surface area contributed by atoms with Gasteiger partial charge in [-0.1, -0.05) is 0 Å². The van der Waals surface area contributed by atoms with E-state index in [4.69, 9.17) is 17.0 Å². The van der Waals surface area contributed by atoms with Crippen LogP contribution < -0.4 is 10.6 Å². The topological polar surface area (TPSA) is 33.3 Å². The molecular weight excluding hydrogens is 172 g/mol. The number of hydrogen-bond donors (Lipinski definition) is 2. The lowest BCUT2D eigenvalue weighted by atomic mass is 10.1. The Hall–Kier alpha value is -0.350. The van der Waals surface area contributed by atoms with Crippen LogP contribution in [0.5, 0.6) is 0 Å². The van der Waals surface area contributed by atoms with E-state index in [9.17, 15) is 0 Å². The molecule has 72 valence electrons. The van der Waals surface area contributed by atoms with Crippen molar-refractivity contribution in [2.75, 3.05) is 20.3 Å². The molecule has 4 heteroatoms. The predicted molar refractivity (Wildman–Crippen MR) is 55.4 cm³/mol. The van der Waals surface area contributed by atoms with Gasteiger partial charge < -0.3 is 15.4 Å². The lowest BCUT2D eigenvalue weighted by molar-refractivity contribution is 0.139. The van der Waals surface area contributed by atoms with E-state index in [1.54, 1.807) is 7.11 Å². The van der Waals surface area contributed by atoms with Gasteiger partial charge in [-0.2, -0.15) is 0 Å². The summed E-state index contributed by atoms with van der Waals surface area (Å²) in [4.78, 5) is 0. The highest BCUT2D eigenvalue weighted by atomic mass is 32.1. The molecule has 0 radical (unpaired) electrons. The Morgan fingerprint density at radius 1 is 1.50 bits per heavy atom. The Balaban J connectivity index is 3.79. The molecule has 0 spiro atoms. The van der Waals surface area contributed by atoms with Crippen LogP contribution in [0.1, 0.15) is 20.8 Å². The number of methoxy groups -OCH3 is 1. The molecule has 0 saturated carbocycles. The van der Waals surface area contributed by atoms with Crippen LogP contribution >= 0.6 is 12.2 Å². The molecule has 0 aromatic heterocycles. The summed E-state index contributed by atoms with van der Waals surface area (Å²) >= 11 is 5.04. The zero-order valence-electron chi connectivity index (χ0n) is 8.23. The van der Waals surface area contributed by atoms with Gasteiger partial charge in [0.2, 0.25) is 0 Å². The summed E-state index contributed by atoms with van der Waals surface area (Å²) in [5, 5.41) is 6.86. The fraction of sp³-hybridized carbons (Fsp3) is 0.875. The third-order valence-electron chi connectivity index (χ3n) is 1.29. The van der Waals surface area contributed by atoms with Gasteiger partial charge in [0, 0.05) is 13.7 Å². The van der Waals surface area contributed by atoms with E-state index < -0.39 is 0 Å². The second kappa shape index (κ2) is 5.32. The number of hydrogen-bond acceptors (Lipinski definition) is 2. The average molecular weight is 190 g/mol. The molecular formula is C8H18N2OS. The zero-order chi connectivity index (χ0) is 9.61. The monoisotopic (exact) mass is 190 g/mol. The van der Waals surface area contributed by atoms with E-state index in [-0.39, 0.29) is 5.54 Å². The molecule has 3 nitrogen and oxygen atoms in total. The van der Waals surface area contributed by atoms with E-state index >= 15 is 0 Å². The highest BCUT2D eigenvalue weighted by molar-refractivity contribution is 7.80. The van der Waals surface area contributed by atoms with Crippen LogP contribution in [0.15, 0.2) is 0 Å². The fourth-order valence-corrected chi connectivity index (χ4v) is 1.33. The molecule has 0 aromatic carbocycles. The van der Waals surface area contributed by atoms with Gasteiger partial charge in [0.15, 0.2) is 5.11 Å². The Morgan fingerprint density at radius 3 is 2.50 bits per heavy atom. The lowest BCUT2D eigenvalue weighted by Gasteiger charge is -2.26. The second-order valence-electron chi connectivity index (χ2n) is 3.30. The van der Waals surface area contributed by atoms with Gasteiger partial charge in [0.05, 0.1) is 12.1 Å². The number of thiocarbonyl (C=S) groups is 1. The SMILES string of the molecule is CCNC(=S)NC(C)(C)COC. The van der Waals surface area contributed by atoms with Gasteiger partial charge >= 0.3 is 0 Å². The third-order valence-corrected chi connectivity index (χ3v) is 1.54. The first-order valence-electron chi connectivity index (χ1n) is 4.07. The molecule has 0 unspecified atom stereocenters. The summed E-state index contributed by atoms with van der Waals surface area (Å²) in [5.41, 5.74) is -0.103. The average Bonchev–Trinajstić information content (AvgIpc) is 1.85. The zero-order valence-corrected chi connectivity index (χ0v) is 9.05. The Labute approximate surface area is 79.9 Å². The third kappa shape index (κ3) is 5.32. The van der Waals surface area contributed by atoms with Crippen molar-refractivity contribution in [3.8, 4) is 0 Å². The summed E-state index contributed by atoms with van der Waals surface area (Å²) in [6.45, 7) is 7.57. The predicted octanol–water partition coefficient (Wildman–Crippen LogP) is 0.895. The van der Waals surface area contributed by atoms with E-state index in [0.717, 1.165) is 6.54 Å². The van der Waals surface area contributed by atoms with Crippen molar-refractivity contribution in [1.82, 2.24) is 10.6 Å². The standard InChI is InChI=1S/C8H18N2OS/c1-5-9-7(12)10-8(2,3)6-11-4/h5-6H2,1-4H3,(H2,9,10,12). The van der Waals surface area contributed by atoms with E-state index in [2.05, 4.69) is 10.6 Å². The molecule has 0 fully saturated rings. The molecule has 0 aliphatic carbocycles. The molecule has 0 rings (SSSR count). The molecule has 0 atom stereocenters. The molecule has 0 aliphatic heterocycles. The molecule has 2 N–H and O–H groups in total. The van der Waals surface area contributed by atoms with Gasteiger partial charge in [0.25, 0.3) is 0 Å². The molecule has 0 amide bonds. The molecule has 0 bridgehead atoms. The van der Waals surface area contributed by atoms with Crippen molar-refractivity contribution in [3.05, 3.63) is 0 Å². The maximum atomic E-state index is 5.04. The lowest BCUT2D eigenvalue weighted by Crippen LogP contribution is -2.50. The molecule has 12 heavy (non-hydrogen) atoms. The van der Waals surface area contributed by atoms with Crippen molar-refractivity contribution in [3.63, 3.8) is 0 Å². The van der Waals surface area contributed by atoms with Gasteiger partial charge in [-0.25, -0.2) is 0 Å². The van der Waals surface area contributed by atoms with Crippen LogP contribution in [0.2, 0.25) is 0 Å². The number of rotatable bonds is 4. The van der Waals surface area contributed by atoms with Crippen molar-refractivity contribution < 1.29 is 4.74 Å². The van der Waals surface area contributed by atoms with Crippen LogP contribution in [0.25, 0.3) is 0 Å². The number of nitrogens with one attached hydrogen (secondary N) is 2. The molecule has 0 aromatic rings. The molecule has 0 saturated heterocycles. The van der Waals surface area contributed by atoms with Crippen LogP contribution in [0.3, 0.4) is 0 Å². The van der Waals surface area contributed by atoms with Gasteiger partial charge in [-0.05, 0) is 33.0 Å². The largest absolute Gasteiger partial charge is 0.382 e. The minimum Gasteiger partial charge on any atom is -0.382 e. The minimum absolute atomic E-state index is 0.103. The molecule has 0 aliphatic rings. The number of ether oxygens (including phenoxy) is 1. The molecule has 0 heterocycles. The van der Waals surface area contributed by atoms with E-state index in [1.807, 2.05) is 20.8 Å². The summed E-state index contributed by atoms with van der Waals surface area (Å²) in [6.07, 6.45) is 0. The maximum absolute atomic E-state index is 5.04. The second-order valence-corrected chi connectivity index (χ2v) is 3.71. The van der Waals surface area contributed by atoms with Crippen molar-refractivity contribution >= 4 is 17.3 Å². The smallest absolute Gasteiger partial charge is 0.166 e. The summed E-state index contributed by atoms with van der Waals surface area (Å²) in [6, 6.07) is 0. The highest BCUT2D eigenvalue weighted by Gasteiger charge is 2.17. The summed E-state index contributed by atoms with van der Waals surface area (Å²) < 4.78 is 5.04. The highest BCUT2D eigenvalue weighted by Crippen LogP contribution is 2.01. The first-order valence-corrected chi connectivity index (χ1v) is 4.47. The first-order chi connectivity index (χ1) is 5.52. The Morgan fingerprint density at radius 2 is 2.08 bits per heavy atom. The van der Waals surface area contributed by atoms with Crippen LogP contribution in [0, 0.1) is 0 Å². The van der Waals surface area contributed by atoms with E-state index in [0.29, 0.717) is 11.7 Å². The van der Waals surface area contributed by atoms with Crippen LogP contribution in [-0.2, 0) is 4.74 Å². The van der Waals surface area contributed by atoms with Crippen LogP contribution in [-0.4, -0.2) is 30.9 Å². The summed E-state index contributed by atoms with van der Waals surface area (Å²) in [7, 11) is 1.68. The van der Waals surface area contributed by atoms with Gasteiger partial charge in [-0.15, -0.1) is 0 Å². The first kappa shape index (κ1) is 11.6. The van der Waals surface area contributed by atoms with Crippen molar-refractivity contribution in [1.29, 1.82) is 0 Å². The summed E-state index contributed by atoms with van der Waals surface area (Å²) in [5.74, 6) is 0. The minimum atomic E-state index is -0.103. The Bertz CT molecular complexity index is 148. The quantitative estimate of drug-likeness (QED) is 0.645. The van der Waals surface area contributed by atoms with Crippen molar-refractivity contribution in [2.45, 2.75) is 26.3 Å². The van der Waals surface area contributed by atoms with Gasteiger partial charge in [0.1, 0.15) is 0 Å². The maximum Gasteiger partial charge on any atom is 0.166 e. The normalized spacial score (nSPS) is 11.0. The van der Waals surface area contributed by atoms with E-state index in [1.165, 1.54) is 0 Å². The van der Waals surface area contributed by atoms with Gasteiger partial charge in [-0.3, -0.25) is 0 Å². The van der Waals surface area contributed by atoms with Crippen LogP contribution in [0.4, 0.5) is 0 Å². The fourth-order valence-electron chi connectivity index (χ4n) is 0.909. The van der Waals surface area contributed by atoms with Crippen molar-refractivity contribution in [2.24, 2.45) is 0 Å². The Kier molecular flexibility index (Phi) is 5.17.